The molecule has 1 amide bonds. The van der Waals surface area contributed by atoms with Gasteiger partial charge >= 0.3 is 0 Å². The highest BCUT2D eigenvalue weighted by Gasteiger charge is 2.44. The largest absolute Gasteiger partial charge is 0.381 e. The van der Waals surface area contributed by atoms with Crippen LogP contribution in [0.3, 0.4) is 0 Å². The highest BCUT2D eigenvalue weighted by atomic mass is 32.2. The molecule has 1 aliphatic heterocycles. The van der Waals surface area contributed by atoms with Crippen molar-refractivity contribution in [3.8, 4) is 0 Å². The van der Waals surface area contributed by atoms with Crippen molar-refractivity contribution < 1.29 is 13.2 Å². The van der Waals surface area contributed by atoms with Crippen LogP contribution >= 0.6 is 0 Å². The molecule has 1 aromatic rings. The van der Waals surface area contributed by atoms with Gasteiger partial charge < -0.3 is 11.5 Å². The van der Waals surface area contributed by atoms with E-state index in [9.17, 15) is 13.2 Å². The van der Waals surface area contributed by atoms with Crippen LogP contribution in [0.1, 0.15) is 20.3 Å². The Balaban J connectivity index is 2.33. The number of nitrogens with two attached hydrogens (primary N) is 2. The number of aromatic nitrogens is 2. The van der Waals surface area contributed by atoms with Gasteiger partial charge in [-0.05, 0) is 20.3 Å². The summed E-state index contributed by atoms with van der Waals surface area (Å²) in [6, 6.07) is 0. The molecule has 0 saturated carbocycles. The fourth-order valence-electron chi connectivity index (χ4n) is 2.24. The molecule has 1 aromatic heterocycles. The minimum Gasteiger partial charge on any atom is -0.381 e. The molecule has 1 fully saturated rings. The Labute approximate surface area is 117 Å². The lowest BCUT2D eigenvalue weighted by Crippen LogP contribution is -2.38. The monoisotopic (exact) mass is 301 g/mol. The average molecular weight is 301 g/mol. The van der Waals surface area contributed by atoms with Gasteiger partial charge in [0.05, 0.1) is 5.41 Å². The molecule has 1 atom stereocenters. The third kappa shape index (κ3) is 2.27. The highest BCUT2D eigenvalue weighted by Crippen LogP contribution is 2.34. The smallest absolute Gasteiger partial charge is 0.248 e. The summed E-state index contributed by atoms with van der Waals surface area (Å²) in [5.41, 5.74) is 10.2. The molecule has 4 N–H and O–H groups in total. The molecular formula is C11H19N5O3S. The molecule has 20 heavy (non-hydrogen) atoms. The zero-order chi connectivity index (χ0) is 15.1. The van der Waals surface area contributed by atoms with Crippen LogP contribution in [0.5, 0.6) is 0 Å². The first kappa shape index (κ1) is 14.8. The standard InChI is InChI=1S/C11H19N5O3S/c1-3-15-6-8(9(12)14-15)20(18,19)16-5-4-11(2,7-16)10(13)17/h6H,3-5,7H2,1-2H3,(H2,12,14)(H2,13,17). The van der Waals surface area contributed by atoms with Gasteiger partial charge in [-0.3, -0.25) is 9.48 Å². The minimum atomic E-state index is -3.75. The van der Waals surface area contributed by atoms with Gasteiger partial charge in [-0.15, -0.1) is 0 Å². The number of nitrogens with zero attached hydrogens (tertiary/aromatic N) is 3. The highest BCUT2D eigenvalue weighted by molar-refractivity contribution is 7.89. The molecule has 0 aromatic carbocycles. The van der Waals surface area contributed by atoms with Crippen LogP contribution in [0.15, 0.2) is 11.1 Å². The summed E-state index contributed by atoms with van der Waals surface area (Å²) >= 11 is 0. The zero-order valence-corrected chi connectivity index (χ0v) is 12.4. The van der Waals surface area contributed by atoms with Crippen molar-refractivity contribution >= 4 is 21.7 Å². The fraction of sp³-hybridized carbons (Fsp3) is 0.636. The van der Waals surface area contributed by atoms with E-state index in [1.165, 1.54) is 15.2 Å². The van der Waals surface area contributed by atoms with Crippen molar-refractivity contribution in [1.29, 1.82) is 0 Å². The molecule has 112 valence electrons. The predicted molar refractivity (Wildman–Crippen MR) is 73.0 cm³/mol. The number of rotatable bonds is 4. The topological polar surface area (TPSA) is 124 Å². The Morgan fingerprint density at radius 1 is 1.55 bits per heavy atom. The number of primary amides is 1. The molecule has 0 spiro atoms. The second kappa shape index (κ2) is 4.74. The van der Waals surface area contributed by atoms with Crippen molar-refractivity contribution in [1.82, 2.24) is 14.1 Å². The molecule has 1 saturated heterocycles. The SMILES string of the molecule is CCn1cc(S(=O)(=O)N2CCC(C)(C(N)=O)C2)c(N)n1. The first-order valence-corrected chi connectivity index (χ1v) is 7.77. The van der Waals surface area contributed by atoms with E-state index >= 15 is 0 Å². The average Bonchev–Trinajstić information content (AvgIpc) is 2.94. The second-order valence-electron chi connectivity index (χ2n) is 5.25. The summed E-state index contributed by atoms with van der Waals surface area (Å²) in [5.74, 6) is -0.521. The molecule has 0 aliphatic carbocycles. The first-order valence-electron chi connectivity index (χ1n) is 6.33. The van der Waals surface area contributed by atoms with Crippen molar-refractivity contribution in [2.45, 2.75) is 31.7 Å². The van der Waals surface area contributed by atoms with Gasteiger partial charge in [-0.25, -0.2) is 8.42 Å². The van der Waals surface area contributed by atoms with Crippen LogP contribution < -0.4 is 11.5 Å². The van der Waals surface area contributed by atoms with Gasteiger partial charge in [0, 0.05) is 25.8 Å². The van der Waals surface area contributed by atoms with Crippen LogP contribution in [0, 0.1) is 5.41 Å². The van der Waals surface area contributed by atoms with E-state index in [1.807, 2.05) is 6.92 Å². The lowest BCUT2D eigenvalue weighted by Gasteiger charge is -2.20. The van der Waals surface area contributed by atoms with Gasteiger partial charge in [-0.2, -0.15) is 9.40 Å². The van der Waals surface area contributed by atoms with E-state index in [1.54, 1.807) is 6.92 Å². The van der Waals surface area contributed by atoms with E-state index in [2.05, 4.69) is 5.10 Å². The van der Waals surface area contributed by atoms with Gasteiger partial charge in [0.15, 0.2) is 5.82 Å². The van der Waals surface area contributed by atoms with Crippen molar-refractivity contribution in [3.05, 3.63) is 6.20 Å². The maximum Gasteiger partial charge on any atom is 0.248 e. The number of nitrogen functional groups attached to an aromatic ring is 1. The number of anilines is 1. The molecule has 9 heteroatoms. The maximum atomic E-state index is 12.5. The maximum absolute atomic E-state index is 12.5. The van der Waals surface area contributed by atoms with Gasteiger partial charge in [-0.1, -0.05) is 0 Å². The molecule has 1 aliphatic rings. The Hall–Kier alpha value is -1.61. The Bertz CT molecular complexity index is 638. The Kier molecular flexibility index (Phi) is 3.51. The quantitative estimate of drug-likeness (QED) is 0.766. The normalized spacial score (nSPS) is 24.1. The molecule has 2 rings (SSSR count). The number of sulfonamides is 1. The zero-order valence-electron chi connectivity index (χ0n) is 11.5. The lowest BCUT2D eigenvalue weighted by molar-refractivity contribution is -0.126. The van der Waals surface area contributed by atoms with Crippen LogP contribution in [-0.4, -0.2) is 41.5 Å². The number of hydrogen-bond acceptors (Lipinski definition) is 5. The van der Waals surface area contributed by atoms with E-state index in [0.717, 1.165) is 0 Å². The molecule has 2 heterocycles. The summed E-state index contributed by atoms with van der Waals surface area (Å²) in [6.07, 6.45) is 1.81. The Morgan fingerprint density at radius 2 is 2.20 bits per heavy atom. The Morgan fingerprint density at radius 3 is 2.65 bits per heavy atom. The molecular weight excluding hydrogens is 282 g/mol. The minimum absolute atomic E-state index is 0.0203. The summed E-state index contributed by atoms with van der Waals surface area (Å²) in [7, 11) is -3.75. The molecule has 1 unspecified atom stereocenters. The van der Waals surface area contributed by atoms with Gasteiger partial charge in [0.25, 0.3) is 0 Å². The number of hydrogen-bond donors (Lipinski definition) is 2. The van der Waals surface area contributed by atoms with Crippen molar-refractivity contribution in [2.24, 2.45) is 11.1 Å². The molecule has 0 radical (unpaired) electrons. The number of amides is 1. The summed E-state index contributed by atoms with van der Waals surface area (Å²) in [4.78, 5) is 11.4. The number of aryl methyl sites for hydroxylation is 1. The number of carbonyl (C=O) groups is 1. The summed E-state index contributed by atoms with van der Waals surface area (Å²) in [6.45, 7) is 4.35. The predicted octanol–water partition coefficient (Wildman–Crippen LogP) is -0.629. The molecule has 8 nitrogen and oxygen atoms in total. The second-order valence-corrected chi connectivity index (χ2v) is 7.15. The van der Waals surface area contributed by atoms with E-state index in [-0.39, 0.29) is 23.8 Å². The van der Waals surface area contributed by atoms with E-state index in [4.69, 9.17) is 11.5 Å². The number of carbonyl (C=O) groups excluding carboxylic acids is 1. The first-order chi connectivity index (χ1) is 9.20. The van der Waals surface area contributed by atoms with Crippen molar-refractivity contribution in [3.63, 3.8) is 0 Å². The lowest BCUT2D eigenvalue weighted by atomic mass is 9.89. The summed E-state index contributed by atoms with van der Waals surface area (Å²) < 4.78 is 27.8. The van der Waals surface area contributed by atoms with Crippen LogP contribution in [-0.2, 0) is 21.4 Å². The van der Waals surface area contributed by atoms with E-state index in [0.29, 0.717) is 13.0 Å². The fourth-order valence-corrected chi connectivity index (χ4v) is 3.87. The van der Waals surface area contributed by atoms with Crippen LogP contribution in [0.25, 0.3) is 0 Å². The third-order valence-electron chi connectivity index (χ3n) is 3.73. The molecule has 0 bridgehead atoms. The van der Waals surface area contributed by atoms with Crippen molar-refractivity contribution in [2.75, 3.05) is 18.8 Å². The third-order valence-corrected chi connectivity index (χ3v) is 5.59. The van der Waals surface area contributed by atoms with Crippen LogP contribution in [0.2, 0.25) is 0 Å². The van der Waals surface area contributed by atoms with Gasteiger partial charge in [0.1, 0.15) is 4.90 Å². The van der Waals surface area contributed by atoms with Crippen LogP contribution in [0.4, 0.5) is 5.82 Å². The van der Waals surface area contributed by atoms with E-state index < -0.39 is 21.3 Å². The van der Waals surface area contributed by atoms with Gasteiger partial charge in [0.2, 0.25) is 15.9 Å². The summed E-state index contributed by atoms with van der Waals surface area (Å²) in [5, 5.41) is 3.94.